The first-order chi connectivity index (χ1) is 9.12. The largest absolute Gasteiger partial charge is 0.388 e. The molecule has 0 bridgehead atoms. The second-order valence-corrected chi connectivity index (χ2v) is 6.12. The van der Waals surface area contributed by atoms with E-state index in [0.717, 1.165) is 6.07 Å². The van der Waals surface area contributed by atoms with Crippen molar-refractivity contribution in [3.8, 4) is 0 Å². The summed E-state index contributed by atoms with van der Waals surface area (Å²) in [6.45, 7) is 1.13. The molecule has 20 heavy (non-hydrogen) atoms. The zero-order valence-corrected chi connectivity index (χ0v) is 12.1. The molecule has 2 atom stereocenters. The number of hydrogen-bond donors (Lipinski definition) is 4. The van der Waals surface area contributed by atoms with E-state index in [9.17, 15) is 23.4 Å². The summed E-state index contributed by atoms with van der Waals surface area (Å²) in [7, 11) is -3.95. The minimum absolute atomic E-state index is 0.148. The quantitative estimate of drug-likeness (QED) is 0.581. The molecule has 0 radical (unpaired) electrons. The lowest BCUT2D eigenvalue weighted by Crippen LogP contribution is -2.34. The summed E-state index contributed by atoms with van der Waals surface area (Å²) in [5, 5.41) is 26.7. The molecular weight excluding hydrogens is 308 g/mol. The Labute approximate surface area is 121 Å². The predicted octanol–water partition coefficient (Wildman–Crippen LogP) is -0.482. The van der Waals surface area contributed by atoms with E-state index in [1.807, 2.05) is 0 Å². The van der Waals surface area contributed by atoms with Crippen LogP contribution in [0, 0.1) is 0 Å². The van der Waals surface area contributed by atoms with Crippen molar-refractivity contribution in [1.29, 1.82) is 0 Å². The first-order valence-electron chi connectivity index (χ1n) is 5.55. The third-order valence-electron chi connectivity index (χ3n) is 2.53. The summed E-state index contributed by atoms with van der Waals surface area (Å²) in [6.07, 6.45) is -2.58. The number of carbonyl (C=O) groups excluding carboxylic acids is 1. The number of aliphatic hydroxyl groups excluding tert-OH is 2. The lowest BCUT2D eigenvalue weighted by molar-refractivity contribution is -0.119. The van der Waals surface area contributed by atoms with Gasteiger partial charge in [0.15, 0.2) is 0 Å². The summed E-state index contributed by atoms with van der Waals surface area (Å²) in [5.41, 5.74) is 0.209. The molecule has 1 amide bonds. The van der Waals surface area contributed by atoms with Gasteiger partial charge in [-0.05, 0) is 17.7 Å². The van der Waals surface area contributed by atoms with Gasteiger partial charge < -0.3 is 15.5 Å². The Balaban J connectivity index is 2.92. The van der Waals surface area contributed by atoms with Crippen LogP contribution in [0.4, 0.5) is 0 Å². The minimum Gasteiger partial charge on any atom is -0.388 e. The molecule has 0 saturated heterocycles. The normalized spacial score (nSPS) is 14.7. The molecule has 1 aromatic carbocycles. The monoisotopic (exact) mass is 322 g/mol. The van der Waals surface area contributed by atoms with Crippen molar-refractivity contribution >= 4 is 27.5 Å². The first-order valence-corrected chi connectivity index (χ1v) is 7.48. The molecule has 1 rings (SSSR count). The maximum absolute atomic E-state index is 11.2. The summed E-state index contributed by atoms with van der Waals surface area (Å²) in [6, 6.07) is 3.62. The van der Waals surface area contributed by atoms with Crippen LogP contribution in [-0.4, -0.2) is 37.2 Å². The Kier molecular flexibility index (Phi) is 5.49. The van der Waals surface area contributed by atoms with Gasteiger partial charge in [-0.15, -0.1) is 0 Å². The van der Waals surface area contributed by atoms with Gasteiger partial charge in [-0.1, -0.05) is 17.7 Å². The van der Waals surface area contributed by atoms with E-state index in [1.54, 1.807) is 0 Å². The number of nitrogens with one attached hydrogen (secondary N) is 1. The van der Waals surface area contributed by atoms with Crippen molar-refractivity contribution in [3.63, 3.8) is 0 Å². The summed E-state index contributed by atoms with van der Waals surface area (Å²) in [4.78, 5) is 10.4. The smallest absolute Gasteiger partial charge is 0.239 e. The summed E-state index contributed by atoms with van der Waals surface area (Å²) >= 11 is 5.77. The third kappa shape index (κ3) is 4.43. The number of benzene rings is 1. The minimum atomic E-state index is -3.95. The van der Waals surface area contributed by atoms with Gasteiger partial charge in [0.05, 0.1) is 5.02 Å². The van der Waals surface area contributed by atoms with Crippen molar-refractivity contribution in [1.82, 2.24) is 5.32 Å². The highest BCUT2D eigenvalue weighted by atomic mass is 35.5. The molecule has 0 heterocycles. The van der Waals surface area contributed by atoms with Crippen LogP contribution in [0.1, 0.15) is 18.6 Å². The second-order valence-electron chi connectivity index (χ2n) is 4.18. The van der Waals surface area contributed by atoms with Crippen molar-refractivity contribution < 1.29 is 23.4 Å². The number of amides is 1. The van der Waals surface area contributed by atoms with Crippen LogP contribution in [0.2, 0.25) is 5.02 Å². The van der Waals surface area contributed by atoms with Gasteiger partial charge in [0.25, 0.3) is 0 Å². The fourth-order valence-electron chi connectivity index (χ4n) is 1.51. The summed E-state index contributed by atoms with van der Waals surface area (Å²) < 4.78 is 22.4. The second kappa shape index (κ2) is 6.51. The van der Waals surface area contributed by atoms with Crippen LogP contribution in [0.3, 0.4) is 0 Å². The molecule has 0 aliphatic rings. The molecule has 1 aromatic rings. The number of halogens is 1. The average Bonchev–Trinajstić information content (AvgIpc) is 2.33. The Bertz CT molecular complexity index is 605. The SMILES string of the molecule is CC(=O)NCC(O)C(O)c1ccc(S(N)(=O)=O)c(Cl)c1. The lowest BCUT2D eigenvalue weighted by Gasteiger charge is -2.19. The highest BCUT2D eigenvalue weighted by Gasteiger charge is 2.21. The standard InChI is InChI=1S/C11H15ClN2O5S/c1-6(15)14-5-9(16)11(17)7-2-3-10(8(12)4-7)20(13,18)19/h2-4,9,11,16-17H,5H2,1H3,(H,14,15)(H2,13,18,19). The van der Waals surface area contributed by atoms with Crippen LogP contribution in [0.5, 0.6) is 0 Å². The fraction of sp³-hybridized carbons (Fsp3) is 0.364. The lowest BCUT2D eigenvalue weighted by atomic mass is 10.0. The number of rotatable bonds is 5. The number of carbonyl (C=O) groups is 1. The van der Waals surface area contributed by atoms with Crippen molar-refractivity contribution in [2.45, 2.75) is 24.0 Å². The average molecular weight is 323 g/mol. The predicted molar refractivity (Wildman–Crippen MR) is 72.5 cm³/mol. The van der Waals surface area contributed by atoms with E-state index >= 15 is 0 Å². The van der Waals surface area contributed by atoms with Gasteiger partial charge in [-0.25, -0.2) is 13.6 Å². The van der Waals surface area contributed by atoms with E-state index in [4.69, 9.17) is 16.7 Å². The van der Waals surface area contributed by atoms with E-state index in [0.29, 0.717) is 0 Å². The Morgan fingerprint density at radius 2 is 2.05 bits per heavy atom. The molecule has 5 N–H and O–H groups in total. The van der Waals surface area contributed by atoms with Crippen molar-refractivity contribution in [3.05, 3.63) is 28.8 Å². The van der Waals surface area contributed by atoms with E-state index < -0.39 is 22.2 Å². The van der Waals surface area contributed by atoms with Crippen LogP contribution in [-0.2, 0) is 14.8 Å². The molecule has 0 aromatic heterocycles. The molecule has 0 aliphatic carbocycles. The molecule has 7 nitrogen and oxygen atoms in total. The molecule has 0 fully saturated rings. The number of primary sulfonamides is 1. The van der Waals surface area contributed by atoms with Gasteiger partial charge in [0.1, 0.15) is 17.1 Å². The van der Waals surface area contributed by atoms with Gasteiger partial charge in [-0.2, -0.15) is 0 Å². The molecule has 0 spiro atoms. The van der Waals surface area contributed by atoms with Crippen molar-refractivity contribution in [2.75, 3.05) is 6.54 Å². The van der Waals surface area contributed by atoms with Gasteiger partial charge in [-0.3, -0.25) is 4.79 Å². The maximum atomic E-state index is 11.2. The van der Waals surface area contributed by atoms with Gasteiger partial charge in [0, 0.05) is 13.5 Å². The summed E-state index contributed by atoms with van der Waals surface area (Å²) in [5.74, 6) is -0.348. The zero-order chi connectivity index (χ0) is 15.5. The Morgan fingerprint density at radius 3 is 2.50 bits per heavy atom. The van der Waals surface area contributed by atoms with E-state index in [1.165, 1.54) is 19.1 Å². The molecule has 0 saturated carbocycles. The molecule has 2 unspecified atom stereocenters. The van der Waals surface area contributed by atoms with E-state index in [2.05, 4.69) is 5.32 Å². The van der Waals surface area contributed by atoms with Crippen LogP contribution in [0.25, 0.3) is 0 Å². The fourth-order valence-corrected chi connectivity index (χ4v) is 2.61. The first kappa shape index (κ1) is 16.9. The molecule has 0 aliphatic heterocycles. The number of nitrogens with two attached hydrogens (primary N) is 1. The number of hydrogen-bond acceptors (Lipinski definition) is 5. The number of sulfonamides is 1. The zero-order valence-electron chi connectivity index (χ0n) is 10.6. The van der Waals surface area contributed by atoms with Gasteiger partial charge in [0.2, 0.25) is 15.9 Å². The molecular formula is C11H15ClN2O5S. The van der Waals surface area contributed by atoms with E-state index in [-0.39, 0.29) is 27.9 Å². The third-order valence-corrected chi connectivity index (χ3v) is 3.92. The molecule has 112 valence electrons. The number of aliphatic hydroxyl groups is 2. The van der Waals surface area contributed by atoms with Crippen LogP contribution >= 0.6 is 11.6 Å². The highest BCUT2D eigenvalue weighted by molar-refractivity contribution is 7.89. The van der Waals surface area contributed by atoms with Crippen LogP contribution < -0.4 is 10.5 Å². The van der Waals surface area contributed by atoms with Gasteiger partial charge >= 0.3 is 0 Å². The molecule has 9 heteroatoms. The van der Waals surface area contributed by atoms with Crippen LogP contribution in [0.15, 0.2) is 23.1 Å². The maximum Gasteiger partial charge on any atom is 0.239 e. The highest BCUT2D eigenvalue weighted by Crippen LogP contribution is 2.26. The Hall–Kier alpha value is -1.19. The topological polar surface area (TPSA) is 130 Å². The van der Waals surface area contributed by atoms with Crippen molar-refractivity contribution in [2.24, 2.45) is 5.14 Å². The Morgan fingerprint density at radius 1 is 1.45 bits per heavy atom.